The SMILES string of the molecule is CCCCC1=NC(C)C=CC=C1. The van der Waals surface area contributed by atoms with Gasteiger partial charge in [-0.25, -0.2) is 0 Å². The van der Waals surface area contributed by atoms with Crippen LogP contribution in [0.2, 0.25) is 0 Å². The molecule has 1 heteroatoms. The molecule has 0 saturated carbocycles. The molecular formula is C11H17N. The fraction of sp³-hybridized carbons (Fsp3) is 0.545. The summed E-state index contributed by atoms with van der Waals surface area (Å²) in [5, 5.41) is 0. The highest BCUT2D eigenvalue weighted by atomic mass is 14.8. The number of rotatable bonds is 3. The predicted octanol–water partition coefficient (Wildman–Crippen LogP) is 3.13. The van der Waals surface area contributed by atoms with Gasteiger partial charge in [-0.1, -0.05) is 31.6 Å². The van der Waals surface area contributed by atoms with Crippen LogP contribution in [0.1, 0.15) is 33.1 Å². The lowest BCUT2D eigenvalue weighted by Crippen LogP contribution is -1.99. The van der Waals surface area contributed by atoms with Crippen LogP contribution < -0.4 is 0 Å². The lowest BCUT2D eigenvalue weighted by Gasteiger charge is -2.01. The summed E-state index contributed by atoms with van der Waals surface area (Å²) in [6, 6.07) is 0.354. The molecule has 0 bridgehead atoms. The second-order valence-electron chi connectivity index (χ2n) is 3.21. The van der Waals surface area contributed by atoms with Crippen LogP contribution in [-0.2, 0) is 0 Å². The summed E-state index contributed by atoms with van der Waals surface area (Å²) < 4.78 is 0. The van der Waals surface area contributed by atoms with Gasteiger partial charge in [0.25, 0.3) is 0 Å². The quantitative estimate of drug-likeness (QED) is 0.606. The van der Waals surface area contributed by atoms with Crippen LogP contribution >= 0.6 is 0 Å². The fourth-order valence-electron chi connectivity index (χ4n) is 1.24. The van der Waals surface area contributed by atoms with Crippen molar-refractivity contribution in [3.05, 3.63) is 24.3 Å². The number of allylic oxidation sites excluding steroid dienone is 3. The maximum Gasteiger partial charge on any atom is 0.0657 e. The van der Waals surface area contributed by atoms with E-state index in [0.29, 0.717) is 6.04 Å². The molecule has 0 aromatic carbocycles. The molecule has 0 aliphatic carbocycles. The molecule has 0 radical (unpaired) electrons. The molecule has 0 aromatic heterocycles. The van der Waals surface area contributed by atoms with E-state index in [4.69, 9.17) is 0 Å². The molecule has 12 heavy (non-hydrogen) atoms. The zero-order valence-corrected chi connectivity index (χ0v) is 7.96. The molecule has 1 aliphatic rings. The average molecular weight is 163 g/mol. The van der Waals surface area contributed by atoms with Gasteiger partial charge >= 0.3 is 0 Å². The van der Waals surface area contributed by atoms with E-state index in [1.54, 1.807) is 0 Å². The number of unbranched alkanes of at least 4 members (excludes halogenated alkanes) is 1. The number of hydrogen-bond donors (Lipinski definition) is 0. The minimum absolute atomic E-state index is 0.354. The lowest BCUT2D eigenvalue weighted by molar-refractivity contribution is 0.825. The van der Waals surface area contributed by atoms with Crippen LogP contribution in [0.4, 0.5) is 0 Å². The molecule has 1 unspecified atom stereocenters. The average Bonchev–Trinajstić information content (AvgIpc) is 2.26. The standard InChI is InChI=1S/C11H17N/c1-3-4-8-11-9-6-5-7-10(2)12-11/h5-7,9-10H,3-4,8H2,1-2H3. The predicted molar refractivity (Wildman–Crippen MR) is 54.7 cm³/mol. The van der Waals surface area contributed by atoms with E-state index >= 15 is 0 Å². The largest absolute Gasteiger partial charge is 0.283 e. The molecule has 1 rings (SSSR count). The van der Waals surface area contributed by atoms with Crippen molar-refractivity contribution in [3.8, 4) is 0 Å². The van der Waals surface area contributed by atoms with Gasteiger partial charge in [-0.05, 0) is 25.8 Å². The molecule has 0 saturated heterocycles. The van der Waals surface area contributed by atoms with Crippen molar-refractivity contribution in [1.29, 1.82) is 0 Å². The molecule has 0 amide bonds. The Morgan fingerprint density at radius 1 is 1.42 bits per heavy atom. The van der Waals surface area contributed by atoms with Crippen LogP contribution in [0.15, 0.2) is 29.3 Å². The van der Waals surface area contributed by atoms with Gasteiger partial charge in [0.15, 0.2) is 0 Å². The summed E-state index contributed by atoms with van der Waals surface area (Å²) in [5.41, 5.74) is 1.24. The van der Waals surface area contributed by atoms with Crippen molar-refractivity contribution >= 4 is 5.71 Å². The first-order valence-corrected chi connectivity index (χ1v) is 4.74. The molecule has 0 fully saturated rings. The van der Waals surface area contributed by atoms with Gasteiger partial charge in [-0.3, -0.25) is 4.99 Å². The van der Waals surface area contributed by atoms with E-state index in [1.165, 1.54) is 18.6 Å². The van der Waals surface area contributed by atoms with Crippen molar-refractivity contribution in [2.24, 2.45) is 4.99 Å². The van der Waals surface area contributed by atoms with Gasteiger partial charge in [0.1, 0.15) is 0 Å². The second kappa shape index (κ2) is 4.91. The van der Waals surface area contributed by atoms with E-state index in [2.05, 4.69) is 43.1 Å². The summed E-state index contributed by atoms with van der Waals surface area (Å²) in [6.07, 6.45) is 12.0. The summed E-state index contributed by atoms with van der Waals surface area (Å²) in [6.45, 7) is 4.33. The van der Waals surface area contributed by atoms with E-state index in [-0.39, 0.29) is 0 Å². The third kappa shape index (κ3) is 3.04. The maximum absolute atomic E-state index is 4.56. The van der Waals surface area contributed by atoms with Crippen LogP contribution in [0, 0.1) is 0 Å². The maximum atomic E-state index is 4.56. The highest BCUT2D eigenvalue weighted by molar-refractivity contribution is 5.95. The molecule has 0 N–H and O–H groups in total. The molecule has 1 heterocycles. The Hall–Kier alpha value is -0.850. The Morgan fingerprint density at radius 2 is 2.25 bits per heavy atom. The molecular weight excluding hydrogens is 146 g/mol. The van der Waals surface area contributed by atoms with Crippen molar-refractivity contribution in [2.45, 2.75) is 39.2 Å². The van der Waals surface area contributed by atoms with Gasteiger partial charge in [-0.2, -0.15) is 0 Å². The van der Waals surface area contributed by atoms with Gasteiger partial charge in [0.2, 0.25) is 0 Å². The monoisotopic (exact) mass is 163 g/mol. The van der Waals surface area contributed by atoms with Crippen molar-refractivity contribution in [2.75, 3.05) is 0 Å². The molecule has 66 valence electrons. The third-order valence-electron chi connectivity index (χ3n) is 1.95. The zero-order valence-electron chi connectivity index (χ0n) is 7.96. The summed E-state index contributed by atoms with van der Waals surface area (Å²) in [5.74, 6) is 0. The number of aliphatic imine (C=N–C) groups is 1. The van der Waals surface area contributed by atoms with Crippen LogP contribution in [0.3, 0.4) is 0 Å². The Kier molecular flexibility index (Phi) is 3.78. The first-order valence-electron chi connectivity index (χ1n) is 4.74. The van der Waals surface area contributed by atoms with Crippen LogP contribution in [-0.4, -0.2) is 11.8 Å². The minimum Gasteiger partial charge on any atom is -0.283 e. The fourth-order valence-corrected chi connectivity index (χ4v) is 1.24. The lowest BCUT2D eigenvalue weighted by atomic mass is 10.1. The van der Waals surface area contributed by atoms with Crippen molar-refractivity contribution in [1.82, 2.24) is 0 Å². The third-order valence-corrected chi connectivity index (χ3v) is 1.95. The zero-order chi connectivity index (χ0) is 8.81. The van der Waals surface area contributed by atoms with E-state index < -0.39 is 0 Å². The van der Waals surface area contributed by atoms with Gasteiger partial charge in [0, 0.05) is 5.71 Å². The second-order valence-corrected chi connectivity index (χ2v) is 3.21. The Balaban J connectivity index is 2.51. The Morgan fingerprint density at radius 3 is 3.00 bits per heavy atom. The van der Waals surface area contributed by atoms with Gasteiger partial charge in [0.05, 0.1) is 6.04 Å². The first kappa shape index (κ1) is 9.24. The van der Waals surface area contributed by atoms with Crippen molar-refractivity contribution < 1.29 is 0 Å². The summed E-state index contributed by atoms with van der Waals surface area (Å²) in [4.78, 5) is 4.56. The van der Waals surface area contributed by atoms with Gasteiger partial charge < -0.3 is 0 Å². The summed E-state index contributed by atoms with van der Waals surface area (Å²) in [7, 11) is 0. The smallest absolute Gasteiger partial charge is 0.0657 e. The van der Waals surface area contributed by atoms with E-state index in [0.717, 1.165) is 6.42 Å². The topological polar surface area (TPSA) is 12.4 Å². The van der Waals surface area contributed by atoms with Crippen molar-refractivity contribution in [3.63, 3.8) is 0 Å². The molecule has 1 aliphatic heterocycles. The van der Waals surface area contributed by atoms with E-state index in [1.807, 2.05) is 0 Å². The Bertz CT molecular complexity index is 211. The number of hydrogen-bond acceptors (Lipinski definition) is 1. The van der Waals surface area contributed by atoms with E-state index in [9.17, 15) is 0 Å². The van der Waals surface area contributed by atoms with Crippen LogP contribution in [0.5, 0.6) is 0 Å². The molecule has 0 spiro atoms. The minimum atomic E-state index is 0.354. The Labute approximate surface area is 74.9 Å². The normalized spacial score (nSPS) is 22.2. The van der Waals surface area contributed by atoms with Crippen LogP contribution in [0.25, 0.3) is 0 Å². The molecule has 0 aromatic rings. The molecule has 1 atom stereocenters. The highest BCUT2D eigenvalue weighted by Gasteiger charge is 1.99. The first-order chi connectivity index (χ1) is 5.83. The molecule has 1 nitrogen and oxygen atoms in total. The van der Waals surface area contributed by atoms with Gasteiger partial charge in [-0.15, -0.1) is 0 Å². The number of nitrogens with zero attached hydrogens (tertiary/aromatic N) is 1. The highest BCUT2D eigenvalue weighted by Crippen LogP contribution is 2.05. The summed E-state index contributed by atoms with van der Waals surface area (Å²) >= 11 is 0.